The van der Waals surface area contributed by atoms with E-state index < -0.39 is 11.5 Å². The molecule has 0 aliphatic carbocycles. The Kier molecular flexibility index (Phi) is 7.43. The second kappa shape index (κ2) is 8.02. The molecule has 7 heteroatoms. The van der Waals surface area contributed by atoms with Gasteiger partial charge < -0.3 is 15.4 Å². The van der Waals surface area contributed by atoms with Crippen LogP contribution in [0.4, 0.5) is 0 Å². The average Bonchev–Trinajstić information content (AvgIpc) is 2.77. The Morgan fingerprint density at radius 2 is 1.95 bits per heavy atom. The highest BCUT2D eigenvalue weighted by Gasteiger charge is 2.29. The topological polar surface area (TPSA) is 81.1 Å². The predicted molar refractivity (Wildman–Crippen MR) is 86.2 cm³/mol. The minimum atomic E-state index is -1.31. The fraction of sp³-hybridized carbons (Fsp3) is 0.286. The summed E-state index contributed by atoms with van der Waals surface area (Å²) >= 11 is 0. The van der Waals surface area contributed by atoms with Crippen molar-refractivity contribution in [2.75, 3.05) is 0 Å². The zero-order valence-electron chi connectivity index (χ0n) is 11.6. The monoisotopic (exact) mass is 331 g/mol. The highest BCUT2D eigenvalue weighted by molar-refractivity contribution is 5.85. The van der Waals surface area contributed by atoms with Crippen molar-refractivity contribution in [2.24, 2.45) is 5.73 Å². The Labute approximate surface area is 136 Å². The number of imidazole rings is 1. The molecule has 21 heavy (non-hydrogen) atoms. The molecule has 1 atom stereocenters. The molecule has 1 aromatic heterocycles. The van der Waals surface area contributed by atoms with Gasteiger partial charge in [0.05, 0.1) is 0 Å². The molecule has 0 saturated heterocycles. The van der Waals surface area contributed by atoms with E-state index in [1.807, 2.05) is 41.1 Å². The van der Waals surface area contributed by atoms with Crippen molar-refractivity contribution in [1.29, 1.82) is 0 Å². The van der Waals surface area contributed by atoms with Gasteiger partial charge in [-0.05, 0) is 12.5 Å². The first kappa shape index (κ1) is 19.4. The van der Waals surface area contributed by atoms with E-state index in [1.54, 1.807) is 6.20 Å². The van der Waals surface area contributed by atoms with Crippen LogP contribution in [0.1, 0.15) is 18.3 Å². The lowest BCUT2D eigenvalue weighted by Gasteiger charge is -2.19. The molecule has 1 aromatic carbocycles. The standard InChI is InChI=1S/C14H17N3O2.2ClH/c1-14(15,13(18)19)9-12-16-7-8-17(12)10-11-5-3-2-4-6-11;;/h2-8H,9-10,15H2,1H3,(H,18,19);2*1H. The second-order valence-corrected chi connectivity index (χ2v) is 4.86. The lowest BCUT2D eigenvalue weighted by Crippen LogP contribution is -2.47. The van der Waals surface area contributed by atoms with Gasteiger partial charge in [0.15, 0.2) is 0 Å². The first-order valence-corrected chi connectivity index (χ1v) is 6.05. The Hall–Kier alpha value is -1.56. The molecule has 2 aromatic rings. The SMILES string of the molecule is CC(N)(Cc1nccn1Cc1ccccc1)C(=O)O.Cl.Cl. The van der Waals surface area contributed by atoms with Crippen LogP contribution in [-0.2, 0) is 17.8 Å². The van der Waals surface area contributed by atoms with Gasteiger partial charge in [-0.25, -0.2) is 4.98 Å². The predicted octanol–water partition coefficient (Wildman–Crippen LogP) is 2.12. The molecule has 0 radical (unpaired) electrons. The molecule has 0 fully saturated rings. The van der Waals surface area contributed by atoms with Crippen molar-refractivity contribution in [1.82, 2.24) is 9.55 Å². The van der Waals surface area contributed by atoms with Crippen LogP contribution in [0.2, 0.25) is 0 Å². The van der Waals surface area contributed by atoms with Gasteiger partial charge in [-0.3, -0.25) is 4.79 Å². The van der Waals surface area contributed by atoms with Crippen LogP contribution in [0, 0.1) is 0 Å². The van der Waals surface area contributed by atoms with Gasteiger partial charge in [-0.2, -0.15) is 0 Å². The van der Waals surface area contributed by atoms with Gasteiger partial charge >= 0.3 is 5.97 Å². The maximum Gasteiger partial charge on any atom is 0.323 e. The van der Waals surface area contributed by atoms with Crippen molar-refractivity contribution >= 4 is 30.8 Å². The number of nitrogens with two attached hydrogens (primary N) is 1. The van der Waals surface area contributed by atoms with Gasteiger partial charge in [0.1, 0.15) is 11.4 Å². The molecule has 5 nitrogen and oxygen atoms in total. The van der Waals surface area contributed by atoms with E-state index >= 15 is 0 Å². The molecule has 3 N–H and O–H groups in total. The smallest absolute Gasteiger partial charge is 0.323 e. The normalized spacial score (nSPS) is 12.7. The third kappa shape index (κ3) is 5.04. The summed E-state index contributed by atoms with van der Waals surface area (Å²) in [6.45, 7) is 2.16. The van der Waals surface area contributed by atoms with Gasteiger partial charge in [0.25, 0.3) is 0 Å². The van der Waals surface area contributed by atoms with Crippen molar-refractivity contribution in [3.8, 4) is 0 Å². The van der Waals surface area contributed by atoms with Gasteiger partial charge in [-0.15, -0.1) is 24.8 Å². The zero-order valence-corrected chi connectivity index (χ0v) is 13.2. The average molecular weight is 332 g/mol. The molecule has 1 unspecified atom stereocenters. The van der Waals surface area contributed by atoms with Crippen molar-refractivity contribution in [2.45, 2.75) is 25.4 Å². The van der Waals surface area contributed by atoms with E-state index in [9.17, 15) is 4.79 Å². The van der Waals surface area contributed by atoms with E-state index in [2.05, 4.69) is 4.98 Å². The summed E-state index contributed by atoms with van der Waals surface area (Å²) in [5.74, 6) is -0.349. The number of aromatic nitrogens is 2. The van der Waals surface area contributed by atoms with E-state index in [0.29, 0.717) is 12.4 Å². The van der Waals surface area contributed by atoms with Crippen molar-refractivity contribution in [3.05, 3.63) is 54.1 Å². The highest BCUT2D eigenvalue weighted by atomic mass is 35.5. The van der Waals surface area contributed by atoms with E-state index in [1.165, 1.54) is 6.92 Å². The van der Waals surface area contributed by atoms with Gasteiger partial charge in [0, 0.05) is 25.4 Å². The molecule has 0 spiro atoms. The number of hydrogen-bond acceptors (Lipinski definition) is 3. The maximum atomic E-state index is 11.1. The molecule has 0 bridgehead atoms. The number of carboxylic acids is 1. The molecule has 116 valence electrons. The number of carboxylic acid groups (broad SMARTS) is 1. The molecule has 0 saturated carbocycles. The Morgan fingerprint density at radius 1 is 1.33 bits per heavy atom. The molecular formula is C14H19Cl2N3O2. The van der Waals surface area contributed by atoms with Crippen LogP contribution in [0.15, 0.2) is 42.7 Å². The summed E-state index contributed by atoms with van der Waals surface area (Å²) in [6, 6.07) is 9.93. The van der Waals surface area contributed by atoms with E-state index in [4.69, 9.17) is 10.8 Å². The number of rotatable bonds is 5. The number of halogens is 2. The van der Waals surface area contributed by atoms with Crippen LogP contribution < -0.4 is 5.73 Å². The summed E-state index contributed by atoms with van der Waals surface area (Å²) in [7, 11) is 0. The Balaban J connectivity index is 0.00000200. The molecule has 0 amide bonds. The van der Waals surface area contributed by atoms with Crippen LogP contribution in [-0.4, -0.2) is 26.2 Å². The van der Waals surface area contributed by atoms with Crippen molar-refractivity contribution < 1.29 is 9.90 Å². The maximum absolute atomic E-state index is 11.1. The van der Waals surface area contributed by atoms with E-state index in [0.717, 1.165) is 5.56 Å². The summed E-state index contributed by atoms with van der Waals surface area (Å²) in [5, 5.41) is 9.06. The molecule has 1 heterocycles. The zero-order chi connectivity index (χ0) is 13.9. The third-order valence-corrected chi connectivity index (χ3v) is 3.01. The van der Waals surface area contributed by atoms with Crippen LogP contribution >= 0.6 is 24.8 Å². The summed E-state index contributed by atoms with van der Waals surface area (Å²) in [4.78, 5) is 15.3. The molecular weight excluding hydrogens is 313 g/mol. The summed E-state index contributed by atoms with van der Waals surface area (Å²) in [6.07, 6.45) is 3.69. The van der Waals surface area contributed by atoms with Crippen molar-refractivity contribution in [3.63, 3.8) is 0 Å². The molecule has 2 rings (SSSR count). The fourth-order valence-electron chi connectivity index (χ4n) is 1.84. The minimum absolute atomic E-state index is 0. The number of hydrogen-bond donors (Lipinski definition) is 2. The number of benzene rings is 1. The third-order valence-electron chi connectivity index (χ3n) is 3.01. The van der Waals surface area contributed by atoms with Crippen LogP contribution in [0.3, 0.4) is 0 Å². The molecule has 0 aliphatic rings. The number of carbonyl (C=O) groups is 1. The number of nitrogens with zero attached hydrogens (tertiary/aromatic N) is 2. The highest BCUT2D eigenvalue weighted by Crippen LogP contribution is 2.12. The summed E-state index contributed by atoms with van der Waals surface area (Å²) in [5.41, 5.74) is 5.59. The van der Waals surface area contributed by atoms with E-state index in [-0.39, 0.29) is 31.2 Å². The lowest BCUT2D eigenvalue weighted by molar-refractivity contribution is -0.142. The Bertz CT molecular complexity index is 571. The van der Waals surface area contributed by atoms with Gasteiger partial charge in [-0.1, -0.05) is 30.3 Å². The van der Waals surface area contributed by atoms with Gasteiger partial charge in [0.2, 0.25) is 0 Å². The summed E-state index contributed by atoms with van der Waals surface area (Å²) < 4.78 is 1.92. The first-order valence-electron chi connectivity index (χ1n) is 6.05. The number of aliphatic carboxylic acids is 1. The van der Waals surface area contributed by atoms with Crippen LogP contribution in [0.5, 0.6) is 0 Å². The molecule has 0 aliphatic heterocycles. The minimum Gasteiger partial charge on any atom is -0.480 e. The lowest BCUT2D eigenvalue weighted by atomic mass is 9.99. The largest absolute Gasteiger partial charge is 0.480 e. The Morgan fingerprint density at radius 3 is 2.52 bits per heavy atom. The fourth-order valence-corrected chi connectivity index (χ4v) is 1.84. The first-order chi connectivity index (χ1) is 8.99. The quantitative estimate of drug-likeness (QED) is 0.879. The second-order valence-electron chi connectivity index (χ2n) is 4.86. The van der Waals surface area contributed by atoms with Crippen LogP contribution in [0.25, 0.3) is 0 Å².